The van der Waals surface area contributed by atoms with Crippen LogP contribution in [0.1, 0.15) is 68.6 Å². The van der Waals surface area contributed by atoms with Crippen LogP contribution in [0, 0.1) is 17.3 Å². The van der Waals surface area contributed by atoms with Crippen molar-refractivity contribution in [3.63, 3.8) is 0 Å². The van der Waals surface area contributed by atoms with Crippen LogP contribution in [0.2, 0.25) is 0 Å². The maximum Gasteiger partial charge on any atom is 0.106 e. The van der Waals surface area contributed by atoms with Gasteiger partial charge in [0, 0.05) is 0 Å². The molecule has 1 N–H and O–H groups in total. The third kappa shape index (κ3) is 3.31. The van der Waals surface area contributed by atoms with E-state index in [0.717, 1.165) is 30.6 Å². The summed E-state index contributed by atoms with van der Waals surface area (Å²) in [6, 6.07) is 7.24. The van der Waals surface area contributed by atoms with Crippen molar-refractivity contribution >= 4 is 13.6 Å². The van der Waals surface area contributed by atoms with Crippen LogP contribution in [0.25, 0.3) is 0 Å². The lowest BCUT2D eigenvalue weighted by atomic mass is 9.55. The molecule has 3 aliphatic rings. The average molecular weight is 344 g/mol. The fourth-order valence-electron chi connectivity index (χ4n) is 5.83. The van der Waals surface area contributed by atoms with Crippen molar-refractivity contribution in [2.24, 2.45) is 17.3 Å². The van der Waals surface area contributed by atoms with E-state index in [4.69, 9.17) is 9.59 Å². The molecule has 1 aromatic carbocycles. The van der Waals surface area contributed by atoms with E-state index in [1.165, 1.54) is 37.7 Å². The number of carbonyl (C=O) groups is 2. The van der Waals surface area contributed by atoms with Crippen molar-refractivity contribution in [2.45, 2.75) is 70.8 Å². The number of carbonyl (C=O) groups excluding carboxylic acids is 2. The Morgan fingerprint density at radius 3 is 2.52 bits per heavy atom. The summed E-state index contributed by atoms with van der Waals surface area (Å²) in [5.74, 6) is 2.34. The third-order valence-corrected chi connectivity index (χ3v) is 7.15. The number of hydrogen-bond donors (Lipinski definition) is 1. The molecule has 0 aliphatic heterocycles. The molecule has 2 saturated carbocycles. The zero-order chi connectivity index (χ0) is 18.6. The van der Waals surface area contributed by atoms with E-state index in [-0.39, 0.29) is 11.5 Å². The molecule has 25 heavy (non-hydrogen) atoms. The Hall–Kier alpha value is -1.48. The minimum Gasteiger partial charge on any atom is -0.393 e. The highest BCUT2D eigenvalue weighted by Crippen LogP contribution is 2.60. The Bertz CT molecular complexity index is 583. The molecule has 0 aromatic heterocycles. The summed E-state index contributed by atoms with van der Waals surface area (Å²) >= 11 is 0. The number of fused-ring (bicyclic) bond motifs is 5. The van der Waals surface area contributed by atoms with E-state index in [1.807, 2.05) is 13.6 Å². The van der Waals surface area contributed by atoms with Gasteiger partial charge < -0.3 is 14.7 Å². The van der Waals surface area contributed by atoms with Gasteiger partial charge in [0.15, 0.2) is 0 Å². The predicted molar refractivity (Wildman–Crippen MR) is 101 cm³/mol. The lowest BCUT2D eigenvalue weighted by Gasteiger charge is -2.50. The SMILES string of the molecule is C=O.C=O.CCc1ccc2c(c1)CCC1C2CCC2(C)C(O)CCC12. The van der Waals surface area contributed by atoms with Crippen LogP contribution >= 0.6 is 0 Å². The second kappa shape index (κ2) is 8.27. The summed E-state index contributed by atoms with van der Waals surface area (Å²) in [4.78, 5) is 16.0. The molecule has 3 heteroatoms. The summed E-state index contributed by atoms with van der Waals surface area (Å²) in [6.07, 6.45) is 8.49. The third-order valence-electron chi connectivity index (χ3n) is 7.15. The van der Waals surface area contributed by atoms with Crippen LogP contribution in [0.15, 0.2) is 18.2 Å². The van der Waals surface area contributed by atoms with E-state index >= 15 is 0 Å². The predicted octanol–water partition coefficient (Wildman–Crippen LogP) is 4.10. The van der Waals surface area contributed by atoms with Crippen molar-refractivity contribution in [3.8, 4) is 0 Å². The molecule has 0 spiro atoms. The Balaban J connectivity index is 0.000000528. The van der Waals surface area contributed by atoms with E-state index in [9.17, 15) is 5.11 Å². The maximum atomic E-state index is 10.4. The second-order valence-electron chi connectivity index (χ2n) is 7.94. The van der Waals surface area contributed by atoms with Crippen molar-refractivity contribution < 1.29 is 14.7 Å². The first kappa shape index (κ1) is 19.8. The standard InChI is InChI=1S/C20H28O.2CH2O/c1-3-13-4-6-15-14(12-13)5-7-17-16(15)10-11-20(2)18(17)8-9-19(20)21;2*1-2/h4,6,12,16-19,21H,3,5,7-11H2,1-2H3;2*1H2. The highest BCUT2D eigenvalue weighted by Gasteiger charge is 2.54. The average Bonchev–Trinajstić information content (AvgIpc) is 2.99. The maximum absolute atomic E-state index is 10.4. The van der Waals surface area contributed by atoms with E-state index in [0.29, 0.717) is 0 Å². The Labute approximate surface area is 151 Å². The first-order valence-electron chi connectivity index (χ1n) is 9.51. The van der Waals surface area contributed by atoms with Gasteiger partial charge in [0.25, 0.3) is 0 Å². The molecule has 2 fully saturated rings. The Kier molecular flexibility index (Phi) is 6.56. The fourth-order valence-corrected chi connectivity index (χ4v) is 5.83. The summed E-state index contributed by atoms with van der Waals surface area (Å²) in [5.41, 5.74) is 4.97. The highest BCUT2D eigenvalue weighted by atomic mass is 16.3. The molecule has 0 radical (unpaired) electrons. The van der Waals surface area contributed by atoms with Crippen LogP contribution in [0.3, 0.4) is 0 Å². The molecular formula is C22H32O3. The van der Waals surface area contributed by atoms with Gasteiger partial charge in [-0.3, -0.25) is 0 Å². The highest BCUT2D eigenvalue weighted by molar-refractivity contribution is 5.38. The van der Waals surface area contributed by atoms with Gasteiger partial charge in [-0.15, -0.1) is 0 Å². The molecule has 1 aromatic rings. The normalized spacial score (nSPS) is 35.0. The van der Waals surface area contributed by atoms with Gasteiger partial charge in [-0.2, -0.15) is 0 Å². The van der Waals surface area contributed by atoms with Crippen molar-refractivity contribution in [1.82, 2.24) is 0 Å². The Morgan fingerprint density at radius 2 is 1.84 bits per heavy atom. The minimum absolute atomic E-state index is 0.0488. The number of hydrogen-bond acceptors (Lipinski definition) is 3. The van der Waals surface area contributed by atoms with E-state index < -0.39 is 0 Å². The summed E-state index contributed by atoms with van der Waals surface area (Å²) in [5, 5.41) is 10.4. The molecule has 3 aliphatic carbocycles. The van der Waals surface area contributed by atoms with Gasteiger partial charge in [-0.1, -0.05) is 32.0 Å². The lowest BCUT2D eigenvalue weighted by Crippen LogP contribution is -2.43. The molecule has 0 heterocycles. The molecule has 4 rings (SSSR count). The largest absolute Gasteiger partial charge is 0.393 e. The fraction of sp³-hybridized carbons (Fsp3) is 0.636. The van der Waals surface area contributed by atoms with Crippen LogP contribution in [-0.2, 0) is 22.4 Å². The summed E-state index contributed by atoms with van der Waals surface area (Å²) in [7, 11) is 0. The van der Waals surface area contributed by atoms with Gasteiger partial charge in [0.1, 0.15) is 13.6 Å². The molecule has 0 saturated heterocycles. The minimum atomic E-state index is -0.0488. The number of aliphatic hydroxyl groups excluding tert-OH is 1. The molecule has 3 nitrogen and oxygen atoms in total. The van der Waals surface area contributed by atoms with E-state index in [1.54, 1.807) is 11.1 Å². The van der Waals surface area contributed by atoms with E-state index in [2.05, 4.69) is 32.0 Å². The molecule has 5 atom stereocenters. The van der Waals surface area contributed by atoms with Crippen molar-refractivity contribution in [2.75, 3.05) is 0 Å². The molecule has 0 bridgehead atoms. The van der Waals surface area contributed by atoms with Crippen LogP contribution in [0.5, 0.6) is 0 Å². The lowest BCUT2D eigenvalue weighted by molar-refractivity contribution is -0.0987. The van der Waals surface area contributed by atoms with Crippen molar-refractivity contribution in [3.05, 3.63) is 34.9 Å². The smallest absolute Gasteiger partial charge is 0.106 e. The van der Waals surface area contributed by atoms with Crippen LogP contribution < -0.4 is 0 Å². The zero-order valence-electron chi connectivity index (χ0n) is 15.7. The number of rotatable bonds is 1. The summed E-state index contributed by atoms with van der Waals surface area (Å²) < 4.78 is 0. The molecule has 5 unspecified atom stereocenters. The van der Waals surface area contributed by atoms with Gasteiger partial charge in [0.2, 0.25) is 0 Å². The van der Waals surface area contributed by atoms with Gasteiger partial charge in [-0.05, 0) is 84.8 Å². The van der Waals surface area contributed by atoms with Gasteiger partial charge >= 0.3 is 0 Å². The van der Waals surface area contributed by atoms with Crippen molar-refractivity contribution in [1.29, 1.82) is 0 Å². The summed E-state index contributed by atoms with van der Waals surface area (Å²) in [6.45, 7) is 8.61. The molecular weight excluding hydrogens is 312 g/mol. The topological polar surface area (TPSA) is 54.4 Å². The van der Waals surface area contributed by atoms with Crippen LogP contribution in [0.4, 0.5) is 0 Å². The number of aryl methyl sites for hydroxylation is 2. The monoisotopic (exact) mass is 344 g/mol. The Morgan fingerprint density at radius 1 is 1.12 bits per heavy atom. The van der Waals surface area contributed by atoms with Gasteiger partial charge in [0.05, 0.1) is 6.10 Å². The first-order valence-corrected chi connectivity index (χ1v) is 9.51. The van der Waals surface area contributed by atoms with Gasteiger partial charge in [-0.25, -0.2) is 0 Å². The quantitative estimate of drug-likeness (QED) is 0.834. The molecule has 138 valence electrons. The zero-order valence-corrected chi connectivity index (χ0v) is 15.7. The first-order chi connectivity index (χ1) is 12.1. The number of benzene rings is 1. The second-order valence-corrected chi connectivity index (χ2v) is 7.94. The molecule has 0 amide bonds. The van der Waals surface area contributed by atoms with Crippen LogP contribution in [-0.4, -0.2) is 24.8 Å². The number of aliphatic hydroxyl groups is 1.